The number of hydrogen-bond donors (Lipinski definition) is 2. The Morgan fingerprint density at radius 3 is 2.24 bits per heavy atom. The third kappa shape index (κ3) is 5.65. The summed E-state index contributed by atoms with van der Waals surface area (Å²) in [6.07, 6.45) is -1.58. The van der Waals surface area contributed by atoms with Gasteiger partial charge in [-0.3, -0.25) is 4.31 Å². The van der Waals surface area contributed by atoms with E-state index in [0.29, 0.717) is 4.31 Å². The maximum atomic E-state index is 12.8. The average molecular weight is 523 g/mol. The predicted octanol–water partition coefficient (Wildman–Crippen LogP) is 4.12. The molecule has 5 N–H and O–H groups in total. The monoisotopic (exact) mass is 522 g/mol. The number of sulfonamides is 1. The molecular formula is C27H30N4O5S. The van der Waals surface area contributed by atoms with E-state index >= 15 is 0 Å². The van der Waals surface area contributed by atoms with Crippen LogP contribution < -0.4 is 11.3 Å². The van der Waals surface area contributed by atoms with Gasteiger partial charge in [-0.15, -0.1) is 0 Å². The molecule has 1 heterocycles. The molecule has 1 aromatic heterocycles. The van der Waals surface area contributed by atoms with Crippen molar-refractivity contribution in [3.05, 3.63) is 95.3 Å². The van der Waals surface area contributed by atoms with Crippen LogP contribution in [0.25, 0.3) is 16.8 Å². The normalized spacial score (nSPS) is 11.1. The first-order chi connectivity index (χ1) is 17.1. The zero-order valence-corrected chi connectivity index (χ0v) is 22.0. The molecule has 0 aliphatic carbocycles. The van der Waals surface area contributed by atoms with Crippen molar-refractivity contribution in [3.63, 3.8) is 0 Å². The number of aromatic hydroxyl groups is 1. The quantitative estimate of drug-likeness (QED) is 0.372. The summed E-state index contributed by atoms with van der Waals surface area (Å²) in [7, 11) is -4.24. The number of phenolic OH excluding ortho intramolecular Hbond substituents is 1. The van der Waals surface area contributed by atoms with Gasteiger partial charge in [0.25, 0.3) is 10.0 Å². The fourth-order valence-electron chi connectivity index (χ4n) is 4.15. The lowest BCUT2D eigenvalue weighted by Gasteiger charge is -2.24. The molecule has 10 heteroatoms. The number of amides is 1. The van der Waals surface area contributed by atoms with Crippen molar-refractivity contribution >= 4 is 16.1 Å². The molecule has 1 amide bonds. The predicted molar refractivity (Wildman–Crippen MR) is 140 cm³/mol. The molecule has 0 spiro atoms. The molecule has 0 unspecified atom stereocenters. The second kappa shape index (κ2) is 10.9. The van der Waals surface area contributed by atoms with Gasteiger partial charge in [0.1, 0.15) is 5.75 Å². The van der Waals surface area contributed by atoms with Crippen molar-refractivity contribution < 1.29 is 23.4 Å². The first kappa shape index (κ1) is 27.4. The first-order valence-corrected chi connectivity index (χ1v) is 12.8. The number of quaternary nitrogens is 1. The Morgan fingerprint density at radius 2 is 1.65 bits per heavy atom. The van der Waals surface area contributed by atoms with Crippen LogP contribution in [0.1, 0.15) is 22.5 Å². The van der Waals surface area contributed by atoms with Crippen molar-refractivity contribution in [1.29, 1.82) is 0 Å². The summed E-state index contributed by atoms with van der Waals surface area (Å²) in [5.41, 5.74) is 5.94. The molecule has 0 saturated heterocycles. The highest BCUT2D eigenvalue weighted by atomic mass is 32.2. The SMILES string of the molecule is Cc1ccc(S(=O)(=O)N(CCc2ccc(-n3nc(C)c(-c4cccc(O)c4)c3C)cc2)C(=O)[O-])cc1.[NH4+]. The number of nitrogens with zero attached hydrogens (tertiary/aromatic N) is 3. The van der Waals surface area contributed by atoms with Gasteiger partial charge in [0.05, 0.1) is 16.3 Å². The third-order valence-electron chi connectivity index (χ3n) is 6.02. The molecule has 0 radical (unpaired) electrons. The van der Waals surface area contributed by atoms with Crippen molar-refractivity contribution in [2.75, 3.05) is 6.54 Å². The molecule has 4 aromatic rings. The molecule has 0 saturated carbocycles. The molecule has 0 aliphatic rings. The van der Waals surface area contributed by atoms with Gasteiger partial charge in [0, 0.05) is 17.8 Å². The van der Waals surface area contributed by atoms with E-state index in [1.54, 1.807) is 35.0 Å². The van der Waals surface area contributed by atoms with Crippen LogP contribution in [0.3, 0.4) is 0 Å². The van der Waals surface area contributed by atoms with Crippen molar-refractivity contribution in [2.45, 2.75) is 32.1 Å². The summed E-state index contributed by atoms with van der Waals surface area (Å²) < 4.78 is 27.8. The zero-order chi connectivity index (χ0) is 26.0. The van der Waals surface area contributed by atoms with Gasteiger partial charge in [-0.25, -0.2) is 13.1 Å². The number of benzene rings is 3. The fraction of sp³-hybridized carbons (Fsp3) is 0.185. The Balaban J connectivity index is 0.00000380. The summed E-state index contributed by atoms with van der Waals surface area (Å²) in [6, 6.07) is 20.3. The summed E-state index contributed by atoms with van der Waals surface area (Å²) >= 11 is 0. The molecule has 0 atom stereocenters. The van der Waals surface area contributed by atoms with Gasteiger partial charge in [-0.2, -0.15) is 5.10 Å². The van der Waals surface area contributed by atoms with E-state index in [9.17, 15) is 23.4 Å². The maximum Gasteiger partial charge on any atom is 0.265 e. The summed E-state index contributed by atoms with van der Waals surface area (Å²) in [6.45, 7) is 5.40. The van der Waals surface area contributed by atoms with Crippen LogP contribution in [0.2, 0.25) is 0 Å². The van der Waals surface area contributed by atoms with E-state index in [1.165, 1.54) is 12.1 Å². The standard InChI is InChI=1S/C27H27N3O5S.H3N/c1-18-7-13-25(14-8-18)36(34,35)29(27(32)33)16-15-21-9-11-23(12-10-21)30-20(3)26(19(2)28-30)22-5-4-6-24(31)17-22;/h4-14,17,31H,15-16H2,1-3H3,(H,32,33);1H3. The van der Waals surface area contributed by atoms with Crippen LogP contribution in [0.4, 0.5) is 4.79 Å². The van der Waals surface area contributed by atoms with E-state index in [4.69, 9.17) is 0 Å². The second-order valence-electron chi connectivity index (χ2n) is 8.58. The number of carbonyl (C=O) groups is 1. The summed E-state index contributed by atoms with van der Waals surface area (Å²) in [4.78, 5) is 11.6. The highest BCUT2D eigenvalue weighted by Crippen LogP contribution is 2.30. The van der Waals surface area contributed by atoms with E-state index in [0.717, 1.165) is 39.3 Å². The average Bonchev–Trinajstić information content (AvgIpc) is 3.13. The first-order valence-electron chi connectivity index (χ1n) is 11.3. The third-order valence-corrected chi connectivity index (χ3v) is 7.80. The highest BCUT2D eigenvalue weighted by molar-refractivity contribution is 7.89. The maximum absolute atomic E-state index is 12.8. The molecule has 4 rings (SSSR count). The Kier molecular flexibility index (Phi) is 8.05. The number of aromatic nitrogens is 2. The van der Waals surface area contributed by atoms with Gasteiger partial charge in [-0.05, 0) is 74.7 Å². The molecule has 0 fully saturated rings. The van der Waals surface area contributed by atoms with Crippen molar-refractivity contribution in [3.8, 4) is 22.6 Å². The van der Waals surface area contributed by atoms with Gasteiger partial charge in [-0.1, -0.05) is 42.0 Å². The number of aryl methyl sites for hydroxylation is 2. The van der Waals surface area contributed by atoms with Crippen molar-refractivity contribution in [2.24, 2.45) is 0 Å². The van der Waals surface area contributed by atoms with Crippen LogP contribution >= 0.6 is 0 Å². The van der Waals surface area contributed by atoms with Gasteiger partial charge >= 0.3 is 0 Å². The van der Waals surface area contributed by atoms with Gasteiger partial charge in [0.2, 0.25) is 0 Å². The summed E-state index contributed by atoms with van der Waals surface area (Å²) in [5, 5.41) is 26.2. The minimum atomic E-state index is -4.24. The van der Waals surface area contributed by atoms with Gasteiger partial charge < -0.3 is 21.2 Å². The summed E-state index contributed by atoms with van der Waals surface area (Å²) in [5.74, 6) is 0.179. The van der Waals surface area contributed by atoms with Gasteiger partial charge in [0.15, 0.2) is 6.09 Å². The smallest absolute Gasteiger partial charge is 0.265 e. The molecular weight excluding hydrogens is 492 g/mol. The molecule has 0 aliphatic heterocycles. The second-order valence-corrected chi connectivity index (χ2v) is 10.4. The zero-order valence-electron chi connectivity index (χ0n) is 21.2. The van der Waals surface area contributed by atoms with Crippen LogP contribution in [-0.4, -0.2) is 40.2 Å². The molecule has 3 aromatic carbocycles. The van der Waals surface area contributed by atoms with Crippen LogP contribution in [0, 0.1) is 20.8 Å². The number of carbonyl (C=O) groups excluding carboxylic acids is 1. The Labute approximate surface area is 216 Å². The molecule has 0 bridgehead atoms. The number of rotatable bonds is 7. The Bertz CT molecular complexity index is 1510. The molecule has 9 nitrogen and oxygen atoms in total. The minimum Gasteiger partial charge on any atom is -0.529 e. The van der Waals surface area contributed by atoms with Crippen LogP contribution in [0.5, 0.6) is 5.75 Å². The Morgan fingerprint density at radius 1 is 1.00 bits per heavy atom. The largest absolute Gasteiger partial charge is 0.529 e. The topological polar surface area (TPSA) is 152 Å². The van der Waals surface area contributed by atoms with E-state index in [-0.39, 0.29) is 29.8 Å². The molecule has 37 heavy (non-hydrogen) atoms. The number of phenols is 1. The van der Waals surface area contributed by atoms with E-state index in [1.807, 2.05) is 51.1 Å². The minimum absolute atomic E-state index is 0. The lowest BCUT2D eigenvalue weighted by molar-refractivity contribution is -0.259. The molecule has 194 valence electrons. The lowest BCUT2D eigenvalue weighted by Crippen LogP contribution is -2.45. The lowest BCUT2D eigenvalue weighted by atomic mass is 10.0. The van der Waals surface area contributed by atoms with Crippen molar-refractivity contribution in [1.82, 2.24) is 20.2 Å². The van der Waals surface area contributed by atoms with Crippen LogP contribution in [-0.2, 0) is 16.4 Å². The fourth-order valence-corrected chi connectivity index (χ4v) is 5.42. The number of hydrogen-bond acceptors (Lipinski definition) is 6. The van der Waals surface area contributed by atoms with Crippen LogP contribution in [0.15, 0.2) is 77.7 Å². The Hall–Kier alpha value is -4.15. The number of carboxylic acid groups (broad SMARTS) is 1. The van der Waals surface area contributed by atoms with E-state index in [2.05, 4.69) is 5.10 Å². The van der Waals surface area contributed by atoms with E-state index < -0.39 is 16.1 Å². The highest BCUT2D eigenvalue weighted by Gasteiger charge is 2.24.